The number of carboxylic acid groups (broad SMARTS) is 1. The SMILES string of the molecule is COc1ccc2nccc(CCC[C@@H]3CCN(CCSc4cccc(Cl)c4Cl)C[C@@H]3C(=O)O)c2c1. The van der Waals surface area contributed by atoms with E-state index >= 15 is 0 Å². The molecule has 1 aliphatic rings. The fourth-order valence-corrected chi connectivity index (χ4v) is 6.36. The van der Waals surface area contributed by atoms with Crippen LogP contribution in [0.2, 0.25) is 10.0 Å². The van der Waals surface area contributed by atoms with Crippen molar-refractivity contribution in [3.8, 4) is 5.75 Å². The number of ether oxygens (including phenoxy) is 1. The number of piperidine rings is 1. The van der Waals surface area contributed by atoms with Crippen LogP contribution in [0, 0.1) is 11.8 Å². The third-order valence-electron chi connectivity index (χ3n) is 6.80. The summed E-state index contributed by atoms with van der Waals surface area (Å²) in [6, 6.07) is 13.6. The second-order valence-electron chi connectivity index (χ2n) is 8.94. The summed E-state index contributed by atoms with van der Waals surface area (Å²) in [6.45, 7) is 2.35. The highest BCUT2D eigenvalue weighted by Crippen LogP contribution is 2.34. The lowest BCUT2D eigenvalue weighted by Gasteiger charge is -2.36. The first-order chi connectivity index (χ1) is 17.0. The highest BCUT2D eigenvalue weighted by Gasteiger charge is 2.33. The topological polar surface area (TPSA) is 62.7 Å². The van der Waals surface area contributed by atoms with Crippen molar-refractivity contribution in [1.82, 2.24) is 9.88 Å². The standard InChI is InChI=1S/C27H30Cl2N2O3S/c1-34-20-8-9-24-21(16-20)18(10-12-30-24)4-2-5-19-11-13-31(17-22(19)27(32)33)14-15-35-25-7-3-6-23(28)26(25)29/h3,6-10,12,16,19,22H,2,4-5,11,13-15,17H2,1H3,(H,32,33)/t19-,22+/m1/s1. The number of hydrogen-bond acceptors (Lipinski definition) is 5. The van der Waals surface area contributed by atoms with Crippen molar-refractivity contribution in [3.63, 3.8) is 0 Å². The van der Waals surface area contributed by atoms with E-state index in [4.69, 9.17) is 27.9 Å². The number of thioether (sulfide) groups is 1. The van der Waals surface area contributed by atoms with E-state index in [0.717, 1.165) is 66.1 Å². The summed E-state index contributed by atoms with van der Waals surface area (Å²) in [7, 11) is 1.67. The first kappa shape index (κ1) is 26.1. The number of halogens is 2. The van der Waals surface area contributed by atoms with E-state index in [0.29, 0.717) is 16.6 Å². The molecule has 2 heterocycles. The zero-order valence-electron chi connectivity index (χ0n) is 19.8. The lowest BCUT2D eigenvalue weighted by atomic mass is 9.81. The molecule has 3 aromatic rings. The van der Waals surface area contributed by atoms with Crippen LogP contribution in [0.1, 0.15) is 24.8 Å². The maximum Gasteiger partial charge on any atom is 0.308 e. The van der Waals surface area contributed by atoms with Crippen molar-refractivity contribution in [1.29, 1.82) is 0 Å². The lowest BCUT2D eigenvalue weighted by molar-refractivity contribution is -0.146. The molecule has 2 atom stereocenters. The first-order valence-corrected chi connectivity index (χ1v) is 13.6. The molecule has 0 aliphatic carbocycles. The van der Waals surface area contributed by atoms with Crippen molar-refractivity contribution in [2.75, 3.05) is 32.5 Å². The number of likely N-dealkylation sites (tertiary alicyclic amines) is 1. The molecule has 4 rings (SSSR count). The number of rotatable bonds is 10. The molecule has 1 N–H and O–H groups in total. The molecule has 1 saturated heterocycles. The van der Waals surface area contributed by atoms with Gasteiger partial charge in [0, 0.05) is 35.3 Å². The fourth-order valence-electron chi connectivity index (χ4n) is 4.86. The molecular formula is C27H30Cl2N2O3S. The monoisotopic (exact) mass is 532 g/mol. The summed E-state index contributed by atoms with van der Waals surface area (Å²) < 4.78 is 5.38. The lowest BCUT2D eigenvalue weighted by Crippen LogP contribution is -2.44. The molecule has 0 radical (unpaired) electrons. The molecule has 5 nitrogen and oxygen atoms in total. The molecule has 1 fully saturated rings. The van der Waals surface area contributed by atoms with Crippen molar-refractivity contribution >= 4 is 51.8 Å². The molecule has 1 aliphatic heterocycles. The van der Waals surface area contributed by atoms with E-state index in [2.05, 4.69) is 16.0 Å². The summed E-state index contributed by atoms with van der Waals surface area (Å²) in [5.74, 6) is 0.833. The van der Waals surface area contributed by atoms with Gasteiger partial charge in [-0.05, 0) is 80.1 Å². The number of carbonyl (C=O) groups is 1. The Balaban J connectivity index is 1.30. The quantitative estimate of drug-likeness (QED) is 0.293. The van der Waals surface area contributed by atoms with E-state index in [1.807, 2.05) is 36.5 Å². The smallest absolute Gasteiger partial charge is 0.308 e. The predicted molar refractivity (Wildman–Crippen MR) is 144 cm³/mol. The van der Waals surface area contributed by atoms with Gasteiger partial charge in [0.15, 0.2) is 0 Å². The molecular weight excluding hydrogens is 503 g/mol. The van der Waals surface area contributed by atoms with Gasteiger partial charge in [0.05, 0.1) is 28.6 Å². The van der Waals surface area contributed by atoms with Crippen molar-refractivity contribution in [2.45, 2.75) is 30.6 Å². The van der Waals surface area contributed by atoms with E-state index in [9.17, 15) is 9.90 Å². The number of nitrogens with zero attached hydrogens (tertiary/aromatic N) is 2. The Hall–Kier alpha value is -1.99. The first-order valence-electron chi connectivity index (χ1n) is 11.9. The normalized spacial score (nSPS) is 18.6. The van der Waals surface area contributed by atoms with E-state index in [1.54, 1.807) is 24.9 Å². The number of pyridine rings is 1. The predicted octanol–water partition coefficient (Wildman–Crippen LogP) is 6.69. The Morgan fingerprint density at radius 3 is 2.91 bits per heavy atom. The van der Waals surface area contributed by atoms with Crippen LogP contribution in [0.4, 0.5) is 0 Å². The minimum atomic E-state index is -0.690. The highest BCUT2D eigenvalue weighted by atomic mass is 35.5. The fraction of sp³-hybridized carbons (Fsp3) is 0.407. The third kappa shape index (κ3) is 6.62. The van der Waals surface area contributed by atoms with Crippen LogP contribution in [0.3, 0.4) is 0 Å². The molecule has 0 amide bonds. The summed E-state index contributed by atoms with van der Waals surface area (Å²) in [5, 5.41) is 12.2. The number of benzene rings is 2. The molecule has 186 valence electrons. The van der Waals surface area contributed by atoms with Crippen LogP contribution < -0.4 is 4.74 Å². The summed E-state index contributed by atoms with van der Waals surface area (Å²) in [5.41, 5.74) is 2.19. The highest BCUT2D eigenvalue weighted by molar-refractivity contribution is 7.99. The van der Waals surface area contributed by atoms with Gasteiger partial charge in [-0.1, -0.05) is 29.3 Å². The average molecular weight is 534 g/mol. The van der Waals surface area contributed by atoms with Crippen molar-refractivity contribution in [3.05, 3.63) is 64.3 Å². The molecule has 35 heavy (non-hydrogen) atoms. The number of methoxy groups -OCH3 is 1. The zero-order valence-corrected chi connectivity index (χ0v) is 22.1. The van der Waals surface area contributed by atoms with Gasteiger partial charge in [0.1, 0.15) is 5.75 Å². The maximum atomic E-state index is 12.1. The molecule has 1 aromatic heterocycles. The van der Waals surface area contributed by atoms with Crippen LogP contribution >= 0.6 is 35.0 Å². The molecule has 2 aromatic carbocycles. The average Bonchev–Trinajstić information content (AvgIpc) is 2.87. The second kappa shape index (κ2) is 12.3. The van der Waals surface area contributed by atoms with Crippen LogP contribution in [0.15, 0.2) is 53.6 Å². The number of aromatic nitrogens is 1. The van der Waals surface area contributed by atoms with Gasteiger partial charge in [-0.3, -0.25) is 9.78 Å². The Morgan fingerprint density at radius 2 is 2.11 bits per heavy atom. The Labute approximate surface area is 220 Å². The van der Waals surface area contributed by atoms with Gasteiger partial charge < -0.3 is 14.7 Å². The molecule has 8 heteroatoms. The number of fused-ring (bicyclic) bond motifs is 1. The van der Waals surface area contributed by atoms with Crippen LogP contribution in [0.25, 0.3) is 10.9 Å². The van der Waals surface area contributed by atoms with E-state index < -0.39 is 5.97 Å². The molecule has 0 spiro atoms. The number of aliphatic carboxylic acids is 1. The van der Waals surface area contributed by atoms with Crippen molar-refractivity contribution in [2.24, 2.45) is 11.8 Å². The van der Waals surface area contributed by atoms with Gasteiger partial charge >= 0.3 is 5.97 Å². The number of hydrogen-bond donors (Lipinski definition) is 1. The minimum absolute atomic E-state index is 0.196. The van der Waals surface area contributed by atoms with Gasteiger partial charge in [-0.15, -0.1) is 11.8 Å². The molecule has 0 bridgehead atoms. The summed E-state index contributed by atoms with van der Waals surface area (Å²) in [4.78, 5) is 19.8. The number of carboxylic acids is 1. The Morgan fingerprint density at radius 1 is 1.26 bits per heavy atom. The van der Waals surface area contributed by atoms with Gasteiger partial charge in [0.2, 0.25) is 0 Å². The van der Waals surface area contributed by atoms with Crippen LogP contribution in [-0.2, 0) is 11.2 Å². The largest absolute Gasteiger partial charge is 0.497 e. The number of aryl methyl sites for hydroxylation is 1. The molecule has 0 saturated carbocycles. The van der Waals surface area contributed by atoms with E-state index in [1.165, 1.54) is 5.56 Å². The Kier molecular flexibility index (Phi) is 9.17. The minimum Gasteiger partial charge on any atom is -0.497 e. The zero-order chi connectivity index (χ0) is 24.8. The van der Waals surface area contributed by atoms with Gasteiger partial charge in [-0.2, -0.15) is 0 Å². The third-order valence-corrected chi connectivity index (χ3v) is 8.77. The second-order valence-corrected chi connectivity index (χ2v) is 10.9. The Bertz CT molecular complexity index is 1180. The van der Waals surface area contributed by atoms with Crippen LogP contribution in [-0.4, -0.2) is 53.5 Å². The van der Waals surface area contributed by atoms with Crippen LogP contribution in [0.5, 0.6) is 5.75 Å². The maximum absolute atomic E-state index is 12.1. The summed E-state index contributed by atoms with van der Waals surface area (Å²) >= 11 is 14.1. The van der Waals surface area contributed by atoms with Gasteiger partial charge in [0.25, 0.3) is 0 Å². The van der Waals surface area contributed by atoms with E-state index in [-0.39, 0.29) is 11.8 Å². The summed E-state index contributed by atoms with van der Waals surface area (Å²) in [6.07, 6.45) is 5.51. The van der Waals surface area contributed by atoms with Gasteiger partial charge in [-0.25, -0.2) is 0 Å². The van der Waals surface area contributed by atoms with Crippen molar-refractivity contribution < 1.29 is 14.6 Å². The molecule has 0 unspecified atom stereocenters.